The molecule has 0 bridgehead atoms. The molecule has 0 spiro atoms. The summed E-state index contributed by atoms with van der Waals surface area (Å²) in [6, 6.07) is 0.165. The van der Waals surface area contributed by atoms with E-state index in [1.807, 2.05) is 13.2 Å². The van der Waals surface area contributed by atoms with E-state index in [4.69, 9.17) is 0 Å². The Balaban J connectivity index is 2.29. The van der Waals surface area contributed by atoms with Gasteiger partial charge in [-0.25, -0.2) is 4.98 Å². The molecular weight excluding hydrogens is 306 g/mol. The largest absolute Gasteiger partial charge is 0.347 e. The summed E-state index contributed by atoms with van der Waals surface area (Å²) in [5.74, 6) is 0.955. The van der Waals surface area contributed by atoms with Crippen LogP contribution in [-0.4, -0.2) is 26.8 Å². The predicted molar refractivity (Wildman–Crippen MR) is 79.1 cm³/mol. The molecule has 0 aliphatic heterocycles. The van der Waals surface area contributed by atoms with Crippen molar-refractivity contribution in [3.8, 4) is 0 Å². The van der Waals surface area contributed by atoms with E-state index in [0.717, 1.165) is 35.4 Å². The first-order chi connectivity index (χ1) is 9.21. The molecular formula is C13H20BrN5. The van der Waals surface area contributed by atoms with Crippen molar-refractivity contribution in [1.82, 2.24) is 25.1 Å². The molecule has 0 radical (unpaired) electrons. The minimum absolute atomic E-state index is 0.165. The Kier molecular flexibility index (Phi) is 4.76. The van der Waals surface area contributed by atoms with E-state index in [9.17, 15) is 0 Å². The third-order valence-corrected chi connectivity index (χ3v) is 4.20. The summed E-state index contributed by atoms with van der Waals surface area (Å²) in [7, 11) is 1.95. The monoisotopic (exact) mass is 325 g/mol. The lowest BCUT2D eigenvalue weighted by Crippen LogP contribution is -2.22. The van der Waals surface area contributed by atoms with Gasteiger partial charge in [0.2, 0.25) is 0 Å². The maximum absolute atomic E-state index is 4.63. The van der Waals surface area contributed by atoms with Gasteiger partial charge >= 0.3 is 0 Å². The number of likely N-dealkylation sites (N-methyl/N-ethyl adjacent to an activating group) is 1. The number of rotatable bonds is 6. The van der Waals surface area contributed by atoms with Crippen LogP contribution in [0, 0.1) is 0 Å². The van der Waals surface area contributed by atoms with Gasteiger partial charge in [0.1, 0.15) is 5.82 Å². The van der Waals surface area contributed by atoms with Crippen molar-refractivity contribution in [3.05, 3.63) is 34.1 Å². The Morgan fingerprint density at radius 3 is 2.79 bits per heavy atom. The lowest BCUT2D eigenvalue weighted by atomic mass is 10.1. The third kappa shape index (κ3) is 2.90. The Bertz CT molecular complexity index is 517. The molecule has 2 aromatic heterocycles. The Morgan fingerprint density at radius 1 is 1.47 bits per heavy atom. The number of aryl methyl sites for hydroxylation is 2. The molecule has 0 saturated carbocycles. The van der Waals surface area contributed by atoms with Crippen molar-refractivity contribution >= 4 is 15.9 Å². The van der Waals surface area contributed by atoms with E-state index in [-0.39, 0.29) is 6.04 Å². The summed E-state index contributed by atoms with van der Waals surface area (Å²) in [4.78, 5) is 7.50. The number of H-pyrrole nitrogens is 1. The van der Waals surface area contributed by atoms with Crippen molar-refractivity contribution in [1.29, 1.82) is 0 Å². The molecule has 1 atom stereocenters. The minimum Gasteiger partial charge on any atom is -0.347 e. The van der Waals surface area contributed by atoms with Gasteiger partial charge in [-0.15, -0.1) is 0 Å². The first-order valence-electron chi connectivity index (χ1n) is 6.61. The summed E-state index contributed by atoms with van der Waals surface area (Å²) >= 11 is 3.68. The molecule has 2 aromatic rings. The summed E-state index contributed by atoms with van der Waals surface area (Å²) in [5.41, 5.74) is 2.33. The maximum atomic E-state index is 4.63. The van der Waals surface area contributed by atoms with Crippen LogP contribution in [0.4, 0.5) is 0 Å². The normalized spacial score (nSPS) is 12.8. The maximum Gasteiger partial charge on any atom is 0.123 e. The zero-order valence-corrected chi connectivity index (χ0v) is 13.2. The molecule has 1 unspecified atom stereocenters. The van der Waals surface area contributed by atoms with Crippen LogP contribution in [0.5, 0.6) is 0 Å². The zero-order chi connectivity index (χ0) is 13.8. The van der Waals surface area contributed by atoms with Gasteiger partial charge in [0, 0.05) is 25.4 Å². The van der Waals surface area contributed by atoms with Crippen LogP contribution < -0.4 is 5.32 Å². The van der Waals surface area contributed by atoms with Crippen molar-refractivity contribution in [2.75, 3.05) is 7.05 Å². The fourth-order valence-corrected chi connectivity index (χ4v) is 2.94. The van der Waals surface area contributed by atoms with Crippen LogP contribution in [0.25, 0.3) is 0 Å². The van der Waals surface area contributed by atoms with Gasteiger partial charge in [-0.1, -0.05) is 6.92 Å². The highest BCUT2D eigenvalue weighted by Crippen LogP contribution is 2.26. The predicted octanol–water partition coefficient (Wildman–Crippen LogP) is 2.45. The molecule has 0 aromatic carbocycles. The van der Waals surface area contributed by atoms with E-state index in [1.165, 1.54) is 5.69 Å². The van der Waals surface area contributed by atoms with Crippen LogP contribution in [0.1, 0.15) is 37.1 Å². The Labute approximate surface area is 121 Å². The Hall–Kier alpha value is -1.14. The summed E-state index contributed by atoms with van der Waals surface area (Å²) in [6.07, 6.45) is 5.42. The number of imidazole rings is 1. The van der Waals surface area contributed by atoms with Crippen molar-refractivity contribution in [2.24, 2.45) is 0 Å². The molecule has 6 heteroatoms. The molecule has 0 saturated heterocycles. The average Bonchev–Trinajstić information content (AvgIpc) is 3.04. The number of aromatic nitrogens is 4. The van der Waals surface area contributed by atoms with Gasteiger partial charge < -0.3 is 10.3 Å². The summed E-state index contributed by atoms with van der Waals surface area (Å²) in [5, 5.41) is 7.93. The van der Waals surface area contributed by atoms with E-state index < -0.39 is 0 Å². The van der Waals surface area contributed by atoms with Gasteiger partial charge in [0.25, 0.3) is 0 Å². The molecule has 0 aliphatic carbocycles. The van der Waals surface area contributed by atoms with Crippen LogP contribution >= 0.6 is 15.9 Å². The third-order valence-electron chi connectivity index (χ3n) is 3.29. The molecule has 2 N–H and O–H groups in total. The first-order valence-corrected chi connectivity index (χ1v) is 7.41. The molecule has 0 amide bonds. The zero-order valence-electron chi connectivity index (χ0n) is 11.6. The molecule has 0 aliphatic rings. The molecule has 19 heavy (non-hydrogen) atoms. The second-order valence-corrected chi connectivity index (χ2v) is 5.19. The number of nitrogens with one attached hydrogen (secondary N) is 2. The molecule has 2 rings (SSSR count). The first kappa shape index (κ1) is 14.3. The summed E-state index contributed by atoms with van der Waals surface area (Å²) < 4.78 is 3.19. The number of hydrogen-bond donors (Lipinski definition) is 2. The van der Waals surface area contributed by atoms with Crippen molar-refractivity contribution < 1.29 is 0 Å². The lowest BCUT2D eigenvalue weighted by molar-refractivity contribution is 0.522. The second kappa shape index (κ2) is 6.34. The topological polar surface area (TPSA) is 58.5 Å². The number of aromatic amines is 1. The standard InChI is InChI=1S/C13H20BrN5/c1-4-9-12(14)11(19(5-2)18-9)8-10(15-3)13-16-6-7-17-13/h6-7,10,15H,4-5,8H2,1-3H3,(H,16,17). The van der Waals surface area contributed by atoms with Gasteiger partial charge in [-0.05, 0) is 36.3 Å². The molecule has 5 nitrogen and oxygen atoms in total. The highest BCUT2D eigenvalue weighted by molar-refractivity contribution is 9.10. The Morgan fingerprint density at radius 2 is 2.26 bits per heavy atom. The van der Waals surface area contributed by atoms with E-state index in [0.29, 0.717) is 0 Å². The smallest absolute Gasteiger partial charge is 0.123 e. The highest BCUT2D eigenvalue weighted by Gasteiger charge is 2.20. The minimum atomic E-state index is 0.165. The van der Waals surface area contributed by atoms with Crippen molar-refractivity contribution in [3.63, 3.8) is 0 Å². The molecule has 2 heterocycles. The number of halogens is 1. The fraction of sp³-hybridized carbons (Fsp3) is 0.538. The van der Waals surface area contributed by atoms with Crippen molar-refractivity contribution in [2.45, 2.75) is 39.3 Å². The summed E-state index contributed by atoms with van der Waals surface area (Å²) in [6.45, 7) is 5.12. The fourth-order valence-electron chi connectivity index (χ4n) is 2.21. The van der Waals surface area contributed by atoms with Crippen LogP contribution in [0.15, 0.2) is 16.9 Å². The van der Waals surface area contributed by atoms with E-state index in [1.54, 1.807) is 6.20 Å². The van der Waals surface area contributed by atoms with Gasteiger partial charge in [0.15, 0.2) is 0 Å². The average molecular weight is 326 g/mol. The van der Waals surface area contributed by atoms with Gasteiger partial charge in [-0.3, -0.25) is 4.68 Å². The number of nitrogens with zero attached hydrogens (tertiary/aromatic N) is 3. The van der Waals surface area contributed by atoms with Gasteiger partial charge in [0.05, 0.1) is 21.9 Å². The van der Waals surface area contributed by atoms with Gasteiger partial charge in [-0.2, -0.15) is 5.10 Å². The highest BCUT2D eigenvalue weighted by atomic mass is 79.9. The molecule has 104 valence electrons. The number of hydrogen-bond acceptors (Lipinski definition) is 3. The molecule has 0 fully saturated rings. The van der Waals surface area contributed by atoms with Crippen LogP contribution in [0.3, 0.4) is 0 Å². The van der Waals surface area contributed by atoms with E-state index >= 15 is 0 Å². The second-order valence-electron chi connectivity index (χ2n) is 4.40. The van der Waals surface area contributed by atoms with E-state index in [2.05, 4.69) is 54.8 Å². The van der Waals surface area contributed by atoms with Crippen LogP contribution in [-0.2, 0) is 19.4 Å². The quantitative estimate of drug-likeness (QED) is 0.857. The van der Waals surface area contributed by atoms with Crippen LogP contribution in [0.2, 0.25) is 0 Å². The SMILES string of the molecule is CCc1nn(CC)c(CC(NC)c2ncc[nH]2)c1Br. The lowest BCUT2D eigenvalue weighted by Gasteiger charge is -2.15.